The molecule has 2 N–H and O–H groups in total. The average molecular weight is 436 g/mol. The van der Waals surface area contributed by atoms with Crippen molar-refractivity contribution in [1.82, 2.24) is 9.55 Å². The summed E-state index contributed by atoms with van der Waals surface area (Å²) in [4.78, 5) is 4.97. The number of hydrogen-bond donors (Lipinski definition) is 1. The third-order valence-corrected chi connectivity index (χ3v) is 6.87. The fourth-order valence-corrected chi connectivity index (χ4v) is 5.29. The number of benzene rings is 6. The molecule has 0 amide bonds. The van der Waals surface area contributed by atoms with Crippen LogP contribution in [0.15, 0.2) is 110 Å². The van der Waals surface area contributed by atoms with Crippen molar-refractivity contribution in [3.05, 3.63) is 115 Å². The fraction of sp³-hybridized carbons (Fsp3) is 0. The van der Waals surface area contributed by atoms with E-state index in [0.29, 0.717) is 5.69 Å². The van der Waals surface area contributed by atoms with Crippen LogP contribution in [0.5, 0.6) is 0 Å². The van der Waals surface area contributed by atoms with Crippen molar-refractivity contribution < 1.29 is 0 Å². The molecule has 0 saturated heterocycles. The molecule has 34 heavy (non-hydrogen) atoms. The second kappa shape index (κ2) is 6.93. The fourth-order valence-electron chi connectivity index (χ4n) is 5.29. The van der Waals surface area contributed by atoms with E-state index in [9.17, 15) is 0 Å². The molecule has 7 aromatic rings. The van der Waals surface area contributed by atoms with Gasteiger partial charge in [-0.3, -0.25) is 4.57 Å². The van der Waals surface area contributed by atoms with Crippen molar-refractivity contribution in [2.24, 2.45) is 0 Å². The molecule has 1 heterocycles. The summed E-state index contributed by atoms with van der Waals surface area (Å²) in [5.41, 5.74) is 11.9. The number of nitrogen functional groups attached to an aromatic ring is 1. The minimum atomic E-state index is 0.697. The summed E-state index contributed by atoms with van der Waals surface area (Å²) in [5, 5.41) is 7.51. The van der Waals surface area contributed by atoms with Crippen molar-refractivity contribution in [3.8, 4) is 11.4 Å². The number of nitrogens with two attached hydrogens (primary N) is 1. The van der Waals surface area contributed by atoms with E-state index in [1.54, 1.807) is 0 Å². The zero-order valence-electron chi connectivity index (χ0n) is 18.5. The van der Waals surface area contributed by atoms with Crippen molar-refractivity contribution in [2.75, 3.05) is 5.73 Å². The summed E-state index contributed by atoms with van der Waals surface area (Å²) >= 11 is 0. The molecule has 3 heteroatoms. The van der Waals surface area contributed by atoms with Gasteiger partial charge in [0.25, 0.3) is 0 Å². The topological polar surface area (TPSA) is 43.8 Å². The van der Waals surface area contributed by atoms with Crippen LogP contribution < -0.4 is 5.73 Å². The lowest BCUT2D eigenvalue weighted by Crippen LogP contribution is -2.03. The Morgan fingerprint density at radius 2 is 1.35 bits per heavy atom. The predicted molar refractivity (Wildman–Crippen MR) is 144 cm³/mol. The van der Waals surface area contributed by atoms with Gasteiger partial charge in [0.1, 0.15) is 5.82 Å². The largest absolute Gasteiger partial charge is 0.398 e. The third-order valence-electron chi connectivity index (χ3n) is 6.87. The van der Waals surface area contributed by atoms with Crippen LogP contribution in [0.1, 0.15) is 5.56 Å². The van der Waals surface area contributed by atoms with Gasteiger partial charge in [-0.15, -0.1) is 0 Å². The zero-order valence-corrected chi connectivity index (χ0v) is 18.5. The van der Waals surface area contributed by atoms with E-state index >= 15 is 0 Å². The van der Waals surface area contributed by atoms with E-state index < -0.39 is 0 Å². The van der Waals surface area contributed by atoms with Gasteiger partial charge in [-0.2, -0.15) is 0 Å². The van der Waals surface area contributed by atoms with Crippen LogP contribution in [0.3, 0.4) is 0 Å². The van der Waals surface area contributed by atoms with Gasteiger partial charge in [0, 0.05) is 22.5 Å². The number of hydrogen-bond acceptors (Lipinski definition) is 2. The summed E-state index contributed by atoms with van der Waals surface area (Å²) in [6.07, 6.45) is 0. The summed E-state index contributed by atoms with van der Waals surface area (Å²) in [6.45, 7) is 4.60. The number of aromatic nitrogens is 2. The molecule has 3 nitrogen and oxygen atoms in total. The Bertz CT molecular complexity index is 1880. The minimum absolute atomic E-state index is 0.697. The molecule has 0 aliphatic rings. The summed E-state index contributed by atoms with van der Waals surface area (Å²) < 4.78 is 2.15. The third kappa shape index (κ3) is 2.55. The first-order valence-electron chi connectivity index (χ1n) is 11.4. The first-order chi connectivity index (χ1) is 16.7. The van der Waals surface area contributed by atoms with Gasteiger partial charge in [0.15, 0.2) is 0 Å². The Hall–Kier alpha value is -4.63. The molecule has 7 rings (SSSR count). The number of anilines is 1. The first kappa shape index (κ1) is 18.9. The van der Waals surface area contributed by atoms with E-state index in [1.165, 1.54) is 32.3 Å². The van der Waals surface area contributed by atoms with E-state index in [0.717, 1.165) is 33.7 Å². The van der Waals surface area contributed by atoms with Gasteiger partial charge in [0.2, 0.25) is 0 Å². The second-order valence-corrected chi connectivity index (χ2v) is 8.76. The molecule has 0 aliphatic carbocycles. The van der Waals surface area contributed by atoms with Gasteiger partial charge in [-0.25, -0.2) is 4.98 Å². The van der Waals surface area contributed by atoms with Crippen LogP contribution in [0.2, 0.25) is 0 Å². The summed E-state index contributed by atoms with van der Waals surface area (Å²) in [6, 6.07) is 35.8. The lowest BCUT2D eigenvalue weighted by Gasteiger charge is -2.18. The van der Waals surface area contributed by atoms with Crippen molar-refractivity contribution >= 4 is 54.7 Å². The Morgan fingerprint density at radius 3 is 2.18 bits per heavy atom. The van der Waals surface area contributed by atoms with Crippen molar-refractivity contribution in [1.29, 1.82) is 0 Å². The second-order valence-electron chi connectivity index (χ2n) is 8.76. The first-order valence-corrected chi connectivity index (χ1v) is 11.4. The molecule has 1 aromatic heterocycles. The van der Waals surface area contributed by atoms with Crippen LogP contribution in [0.4, 0.5) is 5.69 Å². The predicted octanol–water partition coefficient (Wildman–Crippen LogP) is 7.70. The maximum Gasteiger partial charge on any atom is 0.147 e. The Morgan fingerprint density at radius 1 is 0.676 bits per heavy atom. The zero-order chi connectivity index (χ0) is 22.8. The Labute approximate surface area is 196 Å². The van der Waals surface area contributed by atoms with Gasteiger partial charge >= 0.3 is 0 Å². The number of para-hydroxylation sites is 3. The van der Waals surface area contributed by atoms with Gasteiger partial charge in [-0.05, 0) is 56.6 Å². The maximum atomic E-state index is 6.39. The SMILES string of the molecule is C=C(c1ccc2ccc3cccc4ccc1c2c34)n1c(-c2ccccc2N)nc2ccccc21. The number of rotatable bonds is 3. The molecular weight excluding hydrogens is 414 g/mol. The molecule has 0 fully saturated rings. The van der Waals surface area contributed by atoms with E-state index in [1.807, 2.05) is 42.5 Å². The Kier molecular flexibility index (Phi) is 3.85. The maximum absolute atomic E-state index is 6.39. The molecule has 0 radical (unpaired) electrons. The van der Waals surface area contributed by atoms with Gasteiger partial charge in [-0.1, -0.05) is 85.4 Å². The quantitative estimate of drug-likeness (QED) is 0.228. The summed E-state index contributed by atoms with van der Waals surface area (Å²) in [5.74, 6) is 0.801. The number of nitrogens with zero attached hydrogens (tertiary/aromatic N) is 2. The number of fused-ring (bicyclic) bond motifs is 1. The van der Waals surface area contributed by atoms with Gasteiger partial charge in [0.05, 0.1) is 11.0 Å². The molecule has 0 unspecified atom stereocenters. The van der Waals surface area contributed by atoms with Crippen LogP contribution in [0, 0.1) is 0 Å². The smallest absolute Gasteiger partial charge is 0.147 e. The standard InChI is InChI=1S/C31H21N3/c1-19(34-28-12-5-4-11-27(28)33-31(34)25-9-2-3-10-26(25)32)23-17-15-22-14-13-20-7-6-8-21-16-18-24(23)30(22)29(20)21/h2-18H,1,32H2. The molecule has 6 aromatic carbocycles. The molecular formula is C31H21N3. The van der Waals surface area contributed by atoms with Crippen LogP contribution in [-0.2, 0) is 0 Å². The number of imidazole rings is 1. The van der Waals surface area contributed by atoms with Gasteiger partial charge < -0.3 is 5.73 Å². The molecule has 0 atom stereocenters. The molecule has 160 valence electrons. The molecule has 0 saturated carbocycles. The molecule has 0 spiro atoms. The lowest BCUT2D eigenvalue weighted by molar-refractivity contribution is 1.14. The molecule has 0 aliphatic heterocycles. The van der Waals surface area contributed by atoms with E-state index in [4.69, 9.17) is 10.7 Å². The monoisotopic (exact) mass is 435 g/mol. The summed E-state index contributed by atoms with van der Waals surface area (Å²) in [7, 11) is 0. The average Bonchev–Trinajstić information content (AvgIpc) is 3.26. The minimum Gasteiger partial charge on any atom is -0.398 e. The van der Waals surface area contributed by atoms with Crippen molar-refractivity contribution in [2.45, 2.75) is 0 Å². The van der Waals surface area contributed by atoms with Crippen LogP contribution in [0.25, 0.3) is 60.4 Å². The highest BCUT2D eigenvalue weighted by molar-refractivity contribution is 6.24. The van der Waals surface area contributed by atoms with E-state index in [2.05, 4.69) is 71.8 Å². The molecule has 0 bridgehead atoms. The van der Waals surface area contributed by atoms with Crippen molar-refractivity contribution in [3.63, 3.8) is 0 Å². The normalized spacial score (nSPS) is 11.8. The Balaban J connectivity index is 1.55. The van der Waals surface area contributed by atoms with E-state index in [-0.39, 0.29) is 0 Å². The van der Waals surface area contributed by atoms with Crippen LogP contribution in [-0.4, -0.2) is 9.55 Å². The highest BCUT2D eigenvalue weighted by Gasteiger charge is 2.19. The van der Waals surface area contributed by atoms with Crippen LogP contribution >= 0.6 is 0 Å². The highest BCUT2D eigenvalue weighted by Crippen LogP contribution is 2.40. The highest BCUT2D eigenvalue weighted by atomic mass is 15.1. The lowest BCUT2D eigenvalue weighted by atomic mass is 9.91.